The van der Waals surface area contributed by atoms with Crippen molar-refractivity contribution in [3.05, 3.63) is 0 Å². The first-order valence-corrected chi connectivity index (χ1v) is 8.52. The zero-order valence-corrected chi connectivity index (χ0v) is 12.2. The van der Waals surface area contributed by atoms with Gasteiger partial charge in [-0.2, -0.15) is 0 Å². The first-order chi connectivity index (χ1) is 6.99. The number of nitrogens with two attached hydrogens (primary N) is 1. The van der Waals surface area contributed by atoms with Crippen molar-refractivity contribution in [1.29, 1.82) is 0 Å². The van der Waals surface area contributed by atoms with Crippen LogP contribution in [0.3, 0.4) is 0 Å². The molecule has 0 bridgehead atoms. The van der Waals surface area contributed by atoms with Crippen LogP contribution in [-0.2, 0) is 9.22 Å². The van der Waals surface area contributed by atoms with Gasteiger partial charge >= 0.3 is 5.97 Å². The summed E-state index contributed by atoms with van der Waals surface area (Å²) in [6, 6.07) is -0.843. The molecular weight excluding hydrogens is 222 g/mol. The van der Waals surface area contributed by atoms with Gasteiger partial charge in [-0.1, -0.05) is 27.7 Å². The van der Waals surface area contributed by atoms with Gasteiger partial charge in [0.2, 0.25) is 0 Å². The van der Waals surface area contributed by atoms with Gasteiger partial charge in [-0.05, 0) is 18.1 Å². The molecule has 0 aromatic carbocycles. The Labute approximate surface area is 99.3 Å². The normalized spacial score (nSPS) is 16.9. The fourth-order valence-corrected chi connectivity index (χ4v) is 2.02. The van der Waals surface area contributed by atoms with Gasteiger partial charge in [0.1, 0.15) is 6.04 Å². The van der Waals surface area contributed by atoms with Crippen LogP contribution in [0.25, 0.3) is 0 Å². The predicted octanol–water partition coefficient (Wildman–Crippen LogP) is 2.06. The second kappa shape index (κ2) is 5.29. The number of rotatable bonds is 5. The van der Waals surface area contributed by atoms with Gasteiger partial charge in [0.15, 0.2) is 8.32 Å². The number of carbonyl (C=O) groups is 1. The van der Waals surface area contributed by atoms with Crippen LogP contribution in [0.5, 0.6) is 0 Å². The van der Waals surface area contributed by atoms with Gasteiger partial charge in [0.25, 0.3) is 0 Å². The van der Waals surface area contributed by atoms with E-state index in [-0.39, 0.29) is 11.0 Å². The number of carboxylic acids is 1. The fraction of sp³-hybridized carbons (Fsp3) is 0.909. The zero-order valence-electron chi connectivity index (χ0n) is 11.2. The molecule has 0 fully saturated rings. The molecule has 0 amide bonds. The van der Waals surface area contributed by atoms with Crippen molar-refractivity contribution < 1.29 is 14.3 Å². The third-order valence-electron chi connectivity index (χ3n) is 3.41. The summed E-state index contributed by atoms with van der Waals surface area (Å²) < 4.78 is 5.92. The number of carboxylic acid groups (broad SMARTS) is 1. The van der Waals surface area contributed by atoms with Gasteiger partial charge in [-0.25, -0.2) is 0 Å². The van der Waals surface area contributed by atoms with Crippen LogP contribution in [0.4, 0.5) is 0 Å². The molecule has 0 aliphatic carbocycles. The summed E-state index contributed by atoms with van der Waals surface area (Å²) in [4.78, 5) is 10.7. The lowest BCUT2D eigenvalue weighted by atomic mass is 10.1. The Morgan fingerprint density at radius 3 is 2.19 bits per heavy atom. The van der Waals surface area contributed by atoms with Crippen molar-refractivity contribution in [3.63, 3.8) is 0 Å². The molecule has 96 valence electrons. The monoisotopic (exact) mass is 247 g/mol. The molecule has 0 spiro atoms. The Balaban J connectivity index is 4.31. The van der Waals surface area contributed by atoms with Crippen LogP contribution in [0, 0.1) is 5.92 Å². The Morgan fingerprint density at radius 2 is 1.88 bits per heavy atom. The predicted molar refractivity (Wildman–Crippen MR) is 67.9 cm³/mol. The molecule has 2 atom stereocenters. The summed E-state index contributed by atoms with van der Waals surface area (Å²) in [6.07, 6.45) is 0. The summed E-state index contributed by atoms with van der Waals surface area (Å²) in [6.45, 7) is 13.0. The van der Waals surface area contributed by atoms with Crippen LogP contribution in [-0.4, -0.2) is 32.0 Å². The second-order valence-corrected chi connectivity index (χ2v) is 10.7. The van der Waals surface area contributed by atoms with E-state index in [2.05, 4.69) is 33.9 Å². The third-order valence-corrected chi connectivity index (χ3v) is 7.91. The van der Waals surface area contributed by atoms with Crippen molar-refractivity contribution in [1.82, 2.24) is 0 Å². The highest BCUT2D eigenvalue weighted by Crippen LogP contribution is 2.36. The van der Waals surface area contributed by atoms with Crippen molar-refractivity contribution in [2.75, 3.05) is 6.61 Å². The van der Waals surface area contributed by atoms with E-state index >= 15 is 0 Å². The number of aliphatic carboxylic acids is 1. The number of hydrogen-bond donors (Lipinski definition) is 2. The Morgan fingerprint density at radius 1 is 1.44 bits per heavy atom. The van der Waals surface area contributed by atoms with E-state index in [1.807, 2.05) is 6.92 Å². The highest BCUT2D eigenvalue weighted by Gasteiger charge is 2.37. The smallest absolute Gasteiger partial charge is 0.320 e. The van der Waals surface area contributed by atoms with Crippen LogP contribution >= 0.6 is 0 Å². The minimum atomic E-state index is -1.80. The van der Waals surface area contributed by atoms with Crippen LogP contribution < -0.4 is 5.73 Å². The molecule has 3 N–H and O–H groups in total. The van der Waals surface area contributed by atoms with Crippen molar-refractivity contribution in [2.45, 2.75) is 51.9 Å². The lowest BCUT2D eigenvalue weighted by molar-refractivity contribution is -0.140. The maximum atomic E-state index is 10.7. The standard InChI is InChI=1S/C11H25NO3Si/c1-8(9(12)10(13)14)7-15-16(5,6)11(2,3)4/h8-9H,7,12H2,1-6H3,(H,13,14)/t8-,9+/m1/s1. The summed E-state index contributed by atoms with van der Waals surface area (Å²) in [7, 11) is -1.80. The lowest BCUT2D eigenvalue weighted by Gasteiger charge is -2.37. The Hall–Kier alpha value is -0.393. The molecule has 5 heteroatoms. The average Bonchev–Trinajstić information content (AvgIpc) is 2.11. The molecule has 0 aromatic rings. The van der Waals surface area contributed by atoms with Gasteiger partial charge in [0.05, 0.1) is 0 Å². The zero-order chi connectivity index (χ0) is 13.1. The lowest BCUT2D eigenvalue weighted by Crippen LogP contribution is -2.45. The van der Waals surface area contributed by atoms with E-state index in [0.29, 0.717) is 6.61 Å². The van der Waals surface area contributed by atoms with Crippen molar-refractivity contribution >= 4 is 14.3 Å². The number of hydrogen-bond acceptors (Lipinski definition) is 3. The summed E-state index contributed by atoms with van der Waals surface area (Å²) in [5, 5.41) is 8.91. The highest BCUT2D eigenvalue weighted by atomic mass is 28.4. The van der Waals surface area contributed by atoms with E-state index in [1.165, 1.54) is 0 Å². The van der Waals surface area contributed by atoms with Crippen molar-refractivity contribution in [2.24, 2.45) is 11.7 Å². The molecular formula is C11H25NO3Si. The maximum Gasteiger partial charge on any atom is 0.320 e. The third kappa shape index (κ3) is 4.23. The van der Waals surface area contributed by atoms with Gasteiger partial charge in [-0.15, -0.1) is 0 Å². The van der Waals surface area contributed by atoms with E-state index in [0.717, 1.165) is 0 Å². The fourth-order valence-electron chi connectivity index (χ4n) is 0.903. The molecule has 0 aliphatic heterocycles. The van der Waals surface area contributed by atoms with E-state index < -0.39 is 20.3 Å². The first-order valence-electron chi connectivity index (χ1n) is 5.61. The molecule has 16 heavy (non-hydrogen) atoms. The largest absolute Gasteiger partial charge is 0.480 e. The van der Waals surface area contributed by atoms with Crippen LogP contribution in [0.2, 0.25) is 18.1 Å². The van der Waals surface area contributed by atoms with Crippen LogP contribution in [0.1, 0.15) is 27.7 Å². The minimum absolute atomic E-state index is 0.139. The first kappa shape index (κ1) is 15.6. The second-order valence-electron chi connectivity index (χ2n) is 5.91. The minimum Gasteiger partial charge on any atom is -0.480 e. The molecule has 0 saturated heterocycles. The van der Waals surface area contributed by atoms with Gasteiger partial charge in [-0.3, -0.25) is 4.79 Å². The molecule has 0 unspecified atom stereocenters. The topological polar surface area (TPSA) is 72.5 Å². The Bertz CT molecular complexity index is 248. The SMILES string of the molecule is C[C@H](CO[Si](C)(C)C(C)(C)C)[C@H](N)C(=O)O. The quantitative estimate of drug-likeness (QED) is 0.729. The molecule has 0 rings (SSSR count). The van der Waals surface area contributed by atoms with E-state index in [4.69, 9.17) is 15.3 Å². The van der Waals surface area contributed by atoms with E-state index in [9.17, 15) is 4.79 Å². The van der Waals surface area contributed by atoms with E-state index in [1.54, 1.807) is 0 Å². The molecule has 0 aromatic heterocycles. The Kier molecular flexibility index (Phi) is 5.16. The summed E-state index contributed by atoms with van der Waals surface area (Å²) in [5.41, 5.74) is 5.53. The average molecular weight is 247 g/mol. The molecule has 0 saturated carbocycles. The van der Waals surface area contributed by atoms with Crippen LogP contribution in [0.15, 0.2) is 0 Å². The summed E-state index contributed by atoms with van der Waals surface area (Å²) in [5.74, 6) is -1.13. The molecule has 0 radical (unpaired) electrons. The maximum absolute atomic E-state index is 10.7. The highest BCUT2D eigenvalue weighted by molar-refractivity contribution is 6.74. The summed E-state index contributed by atoms with van der Waals surface area (Å²) >= 11 is 0. The van der Waals surface area contributed by atoms with Gasteiger partial charge in [0, 0.05) is 12.5 Å². The van der Waals surface area contributed by atoms with Gasteiger partial charge < -0.3 is 15.3 Å². The molecule has 4 nitrogen and oxygen atoms in total. The molecule has 0 aliphatic rings. The van der Waals surface area contributed by atoms with Crippen molar-refractivity contribution in [3.8, 4) is 0 Å². The molecule has 0 heterocycles.